The zero-order chi connectivity index (χ0) is 18.5. The molecule has 1 saturated heterocycles. The number of likely N-dealkylation sites (tertiary alicyclic amines) is 1. The average molecular weight is 362 g/mol. The van der Waals surface area contributed by atoms with Crippen LogP contribution in [0.2, 0.25) is 0 Å². The van der Waals surface area contributed by atoms with Crippen LogP contribution in [0.4, 0.5) is 0 Å². The maximum Gasteiger partial charge on any atom is 0.341 e. The molecule has 0 radical (unpaired) electrons. The largest absolute Gasteiger partial charge is 0.465 e. The Hall–Kier alpha value is -1.82. The summed E-state index contributed by atoms with van der Waals surface area (Å²) in [6.45, 7) is 4.30. The lowest BCUT2D eigenvalue weighted by molar-refractivity contribution is -0.127. The lowest BCUT2D eigenvalue weighted by atomic mass is 9.88. The van der Waals surface area contributed by atoms with E-state index in [2.05, 4.69) is 10.2 Å². The number of hydrogen-bond acceptors (Lipinski definition) is 5. The zero-order valence-corrected chi connectivity index (χ0v) is 15.9. The second-order valence-electron chi connectivity index (χ2n) is 7.57. The molecule has 1 N–H and O–H groups in total. The van der Waals surface area contributed by atoms with E-state index >= 15 is 0 Å². The first kappa shape index (κ1) is 19.0. The number of ether oxygens (including phenoxy) is 1. The minimum absolute atomic E-state index is 0.226. The molecule has 1 aliphatic carbocycles. The van der Waals surface area contributed by atoms with E-state index < -0.39 is 0 Å². The van der Waals surface area contributed by atoms with Gasteiger partial charge in [0.1, 0.15) is 17.1 Å². The molecule has 3 rings (SSSR count). The minimum atomic E-state index is -0.360. The molecule has 26 heavy (non-hydrogen) atoms. The van der Waals surface area contributed by atoms with Gasteiger partial charge in [-0.15, -0.1) is 0 Å². The number of nitrogens with one attached hydrogen (secondary N) is 1. The van der Waals surface area contributed by atoms with E-state index in [0.29, 0.717) is 17.9 Å². The molecule has 144 valence electrons. The molecule has 6 nitrogen and oxygen atoms in total. The van der Waals surface area contributed by atoms with Gasteiger partial charge in [-0.25, -0.2) is 4.79 Å². The first-order chi connectivity index (χ1) is 12.6. The molecule has 2 heterocycles. The van der Waals surface area contributed by atoms with Gasteiger partial charge in [0.2, 0.25) is 5.91 Å². The van der Waals surface area contributed by atoms with Gasteiger partial charge >= 0.3 is 5.97 Å². The molecule has 1 saturated carbocycles. The van der Waals surface area contributed by atoms with E-state index in [1.54, 1.807) is 13.0 Å². The van der Waals surface area contributed by atoms with Gasteiger partial charge in [-0.3, -0.25) is 9.69 Å². The predicted octanol–water partition coefficient (Wildman–Crippen LogP) is 3.04. The number of nitrogens with zero attached hydrogens (tertiary/aromatic N) is 1. The fraction of sp³-hybridized carbons (Fsp3) is 0.700. The number of furan rings is 1. The highest BCUT2D eigenvalue weighted by molar-refractivity contribution is 5.90. The van der Waals surface area contributed by atoms with Crippen molar-refractivity contribution < 1.29 is 18.7 Å². The molecule has 1 aliphatic heterocycles. The number of piperidine rings is 1. The second kappa shape index (κ2) is 8.71. The molecule has 2 fully saturated rings. The van der Waals surface area contributed by atoms with Crippen molar-refractivity contribution in [2.45, 2.75) is 64.5 Å². The summed E-state index contributed by atoms with van der Waals surface area (Å²) >= 11 is 0. The van der Waals surface area contributed by atoms with Crippen LogP contribution in [0, 0.1) is 12.8 Å². The van der Waals surface area contributed by atoms with Crippen LogP contribution in [0.25, 0.3) is 0 Å². The number of rotatable bonds is 5. The van der Waals surface area contributed by atoms with Crippen molar-refractivity contribution in [1.29, 1.82) is 0 Å². The SMILES string of the molecule is COC(=O)c1cc(CN2CCC(NC(=O)C3CCCCC3)CC2)oc1C. The molecule has 0 bridgehead atoms. The summed E-state index contributed by atoms with van der Waals surface area (Å²) in [6.07, 6.45) is 7.66. The van der Waals surface area contributed by atoms with Gasteiger partial charge in [0.05, 0.1) is 13.7 Å². The smallest absolute Gasteiger partial charge is 0.341 e. The Balaban J connectivity index is 1.45. The maximum atomic E-state index is 12.4. The first-order valence-corrected chi connectivity index (χ1v) is 9.77. The first-order valence-electron chi connectivity index (χ1n) is 9.77. The van der Waals surface area contributed by atoms with Gasteiger partial charge < -0.3 is 14.5 Å². The van der Waals surface area contributed by atoms with Crippen LogP contribution in [0.15, 0.2) is 10.5 Å². The summed E-state index contributed by atoms with van der Waals surface area (Å²) in [5.74, 6) is 1.51. The van der Waals surface area contributed by atoms with Crippen molar-refractivity contribution in [3.63, 3.8) is 0 Å². The third-order valence-corrected chi connectivity index (χ3v) is 5.66. The van der Waals surface area contributed by atoms with Crippen LogP contribution in [0.3, 0.4) is 0 Å². The lowest BCUT2D eigenvalue weighted by Crippen LogP contribution is -2.46. The highest BCUT2D eigenvalue weighted by atomic mass is 16.5. The quantitative estimate of drug-likeness (QED) is 0.815. The van der Waals surface area contributed by atoms with Crippen LogP contribution in [-0.2, 0) is 16.1 Å². The molecule has 1 aromatic rings. The van der Waals surface area contributed by atoms with Gasteiger partial charge in [-0.05, 0) is 38.7 Å². The van der Waals surface area contributed by atoms with Crippen molar-refractivity contribution >= 4 is 11.9 Å². The third-order valence-electron chi connectivity index (χ3n) is 5.66. The molecular weight excluding hydrogens is 332 g/mol. The molecule has 0 unspecified atom stereocenters. The van der Waals surface area contributed by atoms with Crippen molar-refractivity contribution in [1.82, 2.24) is 10.2 Å². The molecule has 0 aromatic carbocycles. The van der Waals surface area contributed by atoms with Crippen molar-refractivity contribution in [2.24, 2.45) is 5.92 Å². The Kier molecular flexibility index (Phi) is 6.35. The van der Waals surface area contributed by atoms with E-state index in [4.69, 9.17) is 9.15 Å². The standard InChI is InChI=1S/C20H30N2O4/c1-14-18(20(24)25-2)12-17(26-14)13-22-10-8-16(9-11-22)21-19(23)15-6-4-3-5-7-15/h12,15-16H,3-11,13H2,1-2H3,(H,21,23). The summed E-state index contributed by atoms with van der Waals surface area (Å²) in [5, 5.41) is 3.26. The van der Waals surface area contributed by atoms with Crippen LogP contribution >= 0.6 is 0 Å². The van der Waals surface area contributed by atoms with E-state index in [9.17, 15) is 9.59 Å². The monoisotopic (exact) mass is 362 g/mol. The Bertz CT molecular complexity index is 626. The topological polar surface area (TPSA) is 71.8 Å². The van der Waals surface area contributed by atoms with E-state index in [0.717, 1.165) is 44.5 Å². The minimum Gasteiger partial charge on any atom is -0.465 e. The number of aryl methyl sites for hydroxylation is 1. The van der Waals surface area contributed by atoms with Crippen LogP contribution in [-0.4, -0.2) is 43.0 Å². The molecular formula is C20H30N2O4. The molecule has 1 aromatic heterocycles. The fourth-order valence-corrected chi connectivity index (χ4v) is 4.07. The normalized spacial score (nSPS) is 20.1. The Morgan fingerprint density at radius 2 is 1.88 bits per heavy atom. The molecule has 0 spiro atoms. The van der Waals surface area contributed by atoms with E-state index in [1.807, 2.05) is 0 Å². The van der Waals surface area contributed by atoms with E-state index in [1.165, 1.54) is 26.4 Å². The zero-order valence-electron chi connectivity index (χ0n) is 15.9. The van der Waals surface area contributed by atoms with Crippen LogP contribution < -0.4 is 5.32 Å². The summed E-state index contributed by atoms with van der Waals surface area (Å²) in [6, 6.07) is 2.06. The molecule has 1 amide bonds. The van der Waals surface area contributed by atoms with Crippen LogP contribution in [0.5, 0.6) is 0 Å². The molecule has 6 heteroatoms. The van der Waals surface area contributed by atoms with Crippen molar-refractivity contribution in [3.8, 4) is 0 Å². The number of esters is 1. The Labute approximate surface area is 155 Å². The van der Waals surface area contributed by atoms with Crippen molar-refractivity contribution in [2.75, 3.05) is 20.2 Å². The molecule has 2 aliphatic rings. The lowest BCUT2D eigenvalue weighted by Gasteiger charge is -2.33. The second-order valence-corrected chi connectivity index (χ2v) is 7.57. The van der Waals surface area contributed by atoms with Gasteiger partial charge in [-0.2, -0.15) is 0 Å². The van der Waals surface area contributed by atoms with Gasteiger partial charge in [0, 0.05) is 25.0 Å². The summed E-state index contributed by atoms with van der Waals surface area (Å²) in [7, 11) is 1.38. The summed E-state index contributed by atoms with van der Waals surface area (Å²) in [5.41, 5.74) is 0.497. The number of hydrogen-bond donors (Lipinski definition) is 1. The highest BCUT2D eigenvalue weighted by Crippen LogP contribution is 2.24. The Morgan fingerprint density at radius 3 is 2.54 bits per heavy atom. The number of amides is 1. The maximum absolute atomic E-state index is 12.4. The van der Waals surface area contributed by atoms with Gasteiger partial charge in [0.25, 0.3) is 0 Å². The van der Waals surface area contributed by atoms with Crippen LogP contribution in [0.1, 0.15) is 66.8 Å². The predicted molar refractivity (Wildman–Crippen MR) is 97.8 cm³/mol. The Morgan fingerprint density at radius 1 is 1.19 bits per heavy atom. The summed E-state index contributed by atoms with van der Waals surface area (Å²) in [4.78, 5) is 26.4. The van der Waals surface area contributed by atoms with Gasteiger partial charge in [0.15, 0.2) is 0 Å². The third kappa shape index (κ3) is 4.67. The average Bonchev–Trinajstić information content (AvgIpc) is 3.03. The number of carbonyl (C=O) groups excluding carboxylic acids is 2. The van der Waals surface area contributed by atoms with Gasteiger partial charge in [-0.1, -0.05) is 19.3 Å². The summed E-state index contributed by atoms with van der Waals surface area (Å²) < 4.78 is 10.5. The van der Waals surface area contributed by atoms with E-state index in [-0.39, 0.29) is 23.8 Å². The van der Waals surface area contributed by atoms with Crippen molar-refractivity contribution in [3.05, 3.63) is 23.2 Å². The molecule has 0 atom stereocenters. The highest BCUT2D eigenvalue weighted by Gasteiger charge is 2.26. The number of carbonyl (C=O) groups is 2. The number of methoxy groups -OCH3 is 1. The fourth-order valence-electron chi connectivity index (χ4n) is 4.07.